The number of nitrogens with one attached hydrogen (secondary N) is 1. The molecular weight excluding hydrogens is 240 g/mol. The van der Waals surface area contributed by atoms with E-state index in [9.17, 15) is 0 Å². The van der Waals surface area contributed by atoms with Gasteiger partial charge in [0, 0.05) is 22.3 Å². The van der Waals surface area contributed by atoms with Crippen molar-refractivity contribution in [2.45, 2.75) is 52.1 Å². The number of nitrogens with zero attached hydrogens (tertiary/aromatic N) is 1. The smallest absolute Gasteiger partial charge is 0.0302 e. The number of likely N-dealkylation sites (tertiary alicyclic amines) is 1. The largest absolute Gasteiger partial charge is 0.309 e. The van der Waals surface area contributed by atoms with E-state index in [0.29, 0.717) is 0 Å². The highest BCUT2D eigenvalue weighted by Crippen LogP contribution is 2.16. The van der Waals surface area contributed by atoms with E-state index in [2.05, 4.69) is 36.2 Å². The van der Waals surface area contributed by atoms with Gasteiger partial charge in [0.1, 0.15) is 0 Å². The van der Waals surface area contributed by atoms with Crippen molar-refractivity contribution in [1.82, 2.24) is 10.2 Å². The molecule has 1 aliphatic heterocycles. The highest BCUT2D eigenvalue weighted by atomic mass is 32.1. The molecule has 1 aromatic heterocycles. The number of hydrogen-bond donors (Lipinski definition) is 1. The zero-order valence-electron chi connectivity index (χ0n) is 11.7. The van der Waals surface area contributed by atoms with Gasteiger partial charge in [0.05, 0.1) is 0 Å². The standard InChI is InChI=1S/C15H26N2S/c1-3-4-9-17-10-7-14(8-11-17)16-12-15-6-5-13(2)18-15/h5-6,14,16H,3-4,7-12H2,1-2H3. The lowest BCUT2D eigenvalue weighted by molar-refractivity contribution is 0.195. The molecule has 0 bridgehead atoms. The molecule has 1 aromatic rings. The molecule has 0 amide bonds. The Morgan fingerprint density at radius 2 is 2.11 bits per heavy atom. The fraction of sp³-hybridized carbons (Fsp3) is 0.733. The Morgan fingerprint density at radius 1 is 1.33 bits per heavy atom. The van der Waals surface area contributed by atoms with E-state index >= 15 is 0 Å². The number of aryl methyl sites for hydroxylation is 1. The van der Waals surface area contributed by atoms with Crippen LogP contribution in [0.4, 0.5) is 0 Å². The summed E-state index contributed by atoms with van der Waals surface area (Å²) in [4.78, 5) is 5.51. The summed E-state index contributed by atoms with van der Waals surface area (Å²) in [6.07, 6.45) is 5.30. The minimum atomic E-state index is 0.727. The minimum absolute atomic E-state index is 0.727. The van der Waals surface area contributed by atoms with Gasteiger partial charge < -0.3 is 10.2 Å². The van der Waals surface area contributed by atoms with Crippen LogP contribution in [0.5, 0.6) is 0 Å². The van der Waals surface area contributed by atoms with Gasteiger partial charge in [0.2, 0.25) is 0 Å². The summed E-state index contributed by atoms with van der Waals surface area (Å²) in [5, 5.41) is 3.71. The summed E-state index contributed by atoms with van der Waals surface area (Å²) in [5.41, 5.74) is 0. The highest BCUT2D eigenvalue weighted by Gasteiger charge is 2.18. The van der Waals surface area contributed by atoms with Crippen LogP contribution in [0.2, 0.25) is 0 Å². The third-order valence-corrected chi connectivity index (χ3v) is 4.78. The van der Waals surface area contributed by atoms with Crippen LogP contribution >= 0.6 is 11.3 Å². The summed E-state index contributed by atoms with van der Waals surface area (Å²) in [6.45, 7) is 9.37. The van der Waals surface area contributed by atoms with Gasteiger partial charge in [-0.25, -0.2) is 0 Å². The Bertz CT molecular complexity index is 340. The predicted molar refractivity (Wildman–Crippen MR) is 80.3 cm³/mol. The number of rotatable bonds is 6. The molecule has 0 aromatic carbocycles. The lowest BCUT2D eigenvalue weighted by atomic mass is 10.0. The average molecular weight is 266 g/mol. The van der Waals surface area contributed by atoms with Crippen LogP contribution in [-0.4, -0.2) is 30.6 Å². The maximum absolute atomic E-state index is 3.71. The van der Waals surface area contributed by atoms with E-state index in [0.717, 1.165) is 12.6 Å². The Labute approximate surface area is 115 Å². The van der Waals surface area contributed by atoms with Crippen molar-refractivity contribution in [1.29, 1.82) is 0 Å². The van der Waals surface area contributed by atoms with Crippen molar-refractivity contribution in [2.24, 2.45) is 0 Å². The third-order valence-electron chi connectivity index (χ3n) is 3.78. The van der Waals surface area contributed by atoms with Crippen LogP contribution in [0, 0.1) is 6.92 Å². The van der Waals surface area contributed by atoms with Crippen molar-refractivity contribution in [3.05, 3.63) is 21.9 Å². The first-order valence-electron chi connectivity index (χ1n) is 7.29. The van der Waals surface area contributed by atoms with Gasteiger partial charge in [-0.2, -0.15) is 0 Å². The van der Waals surface area contributed by atoms with Gasteiger partial charge in [0.25, 0.3) is 0 Å². The Kier molecular flexibility index (Phi) is 5.67. The topological polar surface area (TPSA) is 15.3 Å². The van der Waals surface area contributed by atoms with Crippen molar-refractivity contribution < 1.29 is 0 Å². The number of thiophene rings is 1. The van der Waals surface area contributed by atoms with Gasteiger partial charge in [-0.05, 0) is 58.0 Å². The molecule has 0 saturated carbocycles. The van der Waals surface area contributed by atoms with Gasteiger partial charge in [-0.3, -0.25) is 0 Å². The highest BCUT2D eigenvalue weighted by molar-refractivity contribution is 7.11. The molecule has 0 atom stereocenters. The zero-order chi connectivity index (χ0) is 12.8. The lowest BCUT2D eigenvalue weighted by Gasteiger charge is -2.32. The fourth-order valence-electron chi connectivity index (χ4n) is 2.57. The van der Waals surface area contributed by atoms with E-state index in [1.807, 2.05) is 11.3 Å². The summed E-state index contributed by atoms with van der Waals surface area (Å²) < 4.78 is 0. The number of hydrogen-bond acceptors (Lipinski definition) is 3. The van der Waals surface area contributed by atoms with E-state index in [1.54, 1.807) is 0 Å². The molecule has 1 fully saturated rings. The number of piperidine rings is 1. The fourth-order valence-corrected chi connectivity index (χ4v) is 3.41. The van der Waals surface area contributed by atoms with Crippen molar-refractivity contribution in [3.8, 4) is 0 Å². The van der Waals surface area contributed by atoms with Gasteiger partial charge >= 0.3 is 0 Å². The SMILES string of the molecule is CCCCN1CCC(NCc2ccc(C)s2)CC1. The molecule has 1 aliphatic rings. The predicted octanol–water partition coefficient (Wildman–Crippen LogP) is 3.41. The first-order valence-corrected chi connectivity index (χ1v) is 8.10. The van der Waals surface area contributed by atoms with Crippen molar-refractivity contribution in [3.63, 3.8) is 0 Å². The molecule has 0 spiro atoms. The second-order valence-corrected chi connectivity index (χ2v) is 6.74. The van der Waals surface area contributed by atoms with Crippen LogP contribution in [0.25, 0.3) is 0 Å². The first kappa shape index (κ1) is 14.0. The van der Waals surface area contributed by atoms with E-state index in [4.69, 9.17) is 0 Å². The van der Waals surface area contributed by atoms with Gasteiger partial charge in [0.15, 0.2) is 0 Å². The summed E-state index contributed by atoms with van der Waals surface area (Å²) in [5.74, 6) is 0. The monoisotopic (exact) mass is 266 g/mol. The second-order valence-electron chi connectivity index (χ2n) is 5.36. The van der Waals surface area contributed by atoms with Gasteiger partial charge in [-0.1, -0.05) is 13.3 Å². The lowest BCUT2D eigenvalue weighted by Crippen LogP contribution is -2.42. The van der Waals surface area contributed by atoms with Crippen molar-refractivity contribution in [2.75, 3.05) is 19.6 Å². The summed E-state index contributed by atoms with van der Waals surface area (Å²) >= 11 is 1.92. The summed E-state index contributed by atoms with van der Waals surface area (Å²) in [7, 11) is 0. The maximum atomic E-state index is 3.71. The maximum Gasteiger partial charge on any atom is 0.0302 e. The quantitative estimate of drug-likeness (QED) is 0.849. The molecule has 1 saturated heterocycles. The van der Waals surface area contributed by atoms with E-state index < -0.39 is 0 Å². The Balaban J connectivity index is 1.64. The van der Waals surface area contributed by atoms with Crippen molar-refractivity contribution >= 4 is 11.3 Å². The van der Waals surface area contributed by atoms with Crippen LogP contribution in [0.15, 0.2) is 12.1 Å². The molecule has 0 aliphatic carbocycles. The molecular formula is C15H26N2S. The zero-order valence-corrected chi connectivity index (χ0v) is 12.6. The summed E-state index contributed by atoms with van der Waals surface area (Å²) in [6, 6.07) is 5.20. The molecule has 102 valence electrons. The van der Waals surface area contributed by atoms with Crippen LogP contribution in [-0.2, 0) is 6.54 Å². The minimum Gasteiger partial charge on any atom is -0.309 e. The normalized spacial score (nSPS) is 18.3. The Hall–Kier alpha value is -0.380. The molecule has 0 radical (unpaired) electrons. The average Bonchev–Trinajstić information content (AvgIpc) is 2.81. The second kappa shape index (κ2) is 7.27. The van der Waals surface area contributed by atoms with Crippen LogP contribution in [0.1, 0.15) is 42.4 Å². The third kappa shape index (κ3) is 4.38. The van der Waals surface area contributed by atoms with Gasteiger partial charge in [-0.15, -0.1) is 11.3 Å². The first-order chi connectivity index (χ1) is 8.78. The molecule has 2 rings (SSSR count). The molecule has 3 heteroatoms. The van der Waals surface area contributed by atoms with Crippen LogP contribution < -0.4 is 5.32 Å². The molecule has 0 unspecified atom stereocenters. The molecule has 18 heavy (non-hydrogen) atoms. The molecule has 2 heterocycles. The Morgan fingerprint density at radius 3 is 2.72 bits per heavy atom. The van der Waals surface area contributed by atoms with Crippen LogP contribution in [0.3, 0.4) is 0 Å². The molecule has 2 nitrogen and oxygen atoms in total. The molecule has 1 N–H and O–H groups in total. The van der Waals surface area contributed by atoms with E-state index in [-0.39, 0.29) is 0 Å². The van der Waals surface area contributed by atoms with E-state index in [1.165, 1.54) is 55.1 Å². The number of unbranched alkanes of at least 4 members (excludes halogenated alkanes) is 1.